The third-order valence-electron chi connectivity index (χ3n) is 6.17. The SMILES string of the molecule is C/C=C/CCC1CC1c1ccc2c(c1)C(C)(C)CCC2(C)C. The van der Waals surface area contributed by atoms with Crippen LogP contribution in [0.4, 0.5) is 0 Å². The summed E-state index contributed by atoms with van der Waals surface area (Å²) >= 11 is 0. The molecule has 2 aliphatic rings. The smallest absolute Gasteiger partial charge is 0.0100 e. The Morgan fingerprint density at radius 3 is 2.41 bits per heavy atom. The fourth-order valence-corrected chi connectivity index (χ4v) is 4.29. The van der Waals surface area contributed by atoms with Gasteiger partial charge in [0.1, 0.15) is 0 Å². The highest BCUT2D eigenvalue weighted by Gasteiger charge is 2.41. The first-order chi connectivity index (χ1) is 10.3. The van der Waals surface area contributed by atoms with Gasteiger partial charge >= 0.3 is 0 Å². The zero-order valence-electron chi connectivity index (χ0n) is 15.1. The lowest BCUT2D eigenvalue weighted by atomic mass is 9.63. The Morgan fingerprint density at radius 1 is 1.05 bits per heavy atom. The van der Waals surface area contributed by atoms with Crippen LogP contribution >= 0.6 is 0 Å². The van der Waals surface area contributed by atoms with Gasteiger partial charge in [-0.3, -0.25) is 0 Å². The topological polar surface area (TPSA) is 0 Å². The van der Waals surface area contributed by atoms with E-state index in [1.807, 2.05) is 0 Å². The summed E-state index contributed by atoms with van der Waals surface area (Å²) in [6, 6.07) is 7.45. The highest BCUT2D eigenvalue weighted by molar-refractivity contribution is 5.45. The van der Waals surface area contributed by atoms with Crippen LogP contribution in [0.15, 0.2) is 30.4 Å². The molecule has 0 amide bonds. The van der Waals surface area contributed by atoms with Crippen molar-refractivity contribution in [3.05, 3.63) is 47.0 Å². The monoisotopic (exact) mass is 296 g/mol. The summed E-state index contributed by atoms with van der Waals surface area (Å²) in [4.78, 5) is 0. The molecule has 0 radical (unpaired) electrons. The molecule has 1 saturated carbocycles. The van der Waals surface area contributed by atoms with E-state index in [4.69, 9.17) is 0 Å². The summed E-state index contributed by atoms with van der Waals surface area (Å²) in [6.45, 7) is 11.8. The second kappa shape index (κ2) is 5.55. The van der Waals surface area contributed by atoms with Crippen LogP contribution in [-0.2, 0) is 10.8 Å². The third kappa shape index (κ3) is 2.90. The average Bonchev–Trinajstić information content (AvgIpc) is 3.24. The lowest BCUT2D eigenvalue weighted by Gasteiger charge is -2.42. The lowest BCUT2D eigenvalue weighted by molar-refractivity contribution is 0.331. The van der Waals surface area contributed by atoms with Crippen LogP contribution in [0.3, 0.4) is 0 Å². The standard InChI is InChI=1S/C22H32/c1-6-7-8-9-16-14-18(16)17-10-11-19-20(15-17)22(4,5)13-12-21(19,2)3/h6-7,10-11,15-16,18H,8-9,12-14H2,1-5H3/b7-6+. The lowest BCUT2D eigenvalue weighted by Crippen LogP contribution is -2.33. The van der Waals surface area contributed by atoms with Gasteiger partial charge in [-0.05, 0) is 78.4 Å². The van der Waals surface area contributed by atoms with Crippen molar-refractivity contribution in [1.29, 1.82) is 0 Å². The van der Waals surface area contributed by atoms with Gasteiger partial charge in [0, 0.05) is 0 Å². The molecule has 0 aliphatic heterocycles. The summed E-state index contributed by atoms with van der Waals surface area (Å²) in [5, 5.41) is 0. The molecule has 0 heteroatoms. The second-order valence-corrected chi connectivity index (χ2v) is 8.82. The Kier molecular flexibility index (Phi) is 4.00. The van der Waals surface area contributed by atoms with Gasteiger partial charge in [-0.2, -0.15) is 0 Å². The van der Waals surface area contributed by atoms with Crippen LogP contribution in [0.1, 0.15) is 89.3 Å². The Labute approximate surface area is 137 Å². The van der Waals surface area contributed by atoms with E-state index < -0.39 is 0 Å². The van der Waals surface area contributed by atoms with Crippen LogP contribution in [0.25, 0.3) is 0 Å². The van der Waals surface area contributed by atoms with Crippen molar-refractivity contribution in [2.24, 2.45) is 5.92 Å². The van der Waals surface area contributed by atoms with E-state index in [1.165, 1.54) is 32.1 Å². The van der Waals surface area contributed by atoms with Crippen LogP contribution in [0, 0.1) is 5.92 Å². The molecule has 0 nitrogen and oxygen atoms in total. The molecule has 120 valence electrons. The zero-order valence-corrected chi connectivity index (χ0v) is 15.1. The average molecular weight is 296 g/mol. The van der Waals surface area contributed by atoms with Crippen molar-refractivity contribution in [2.75, 3.05) is 0 Å². The van der Waals surface area contributed by atoms with Gasteiger partial charge in [0.25, 0.3) is 0 Å². The number of allylic oxidation sites excluding steroid dienone is 2. The Balaban J connectivity index is 1.82. The van der Waals surface area contributed by atoms with Crippen molar-refractivity contribution in [2.45, 2.75) is 83.5 Å². The molecule has 2 aliphatic carbocycles. The fraction of sp³-hybridized carbons (Fsp3) is 0.636. The predicted octanol–water partition coefficient (Wildman–Crippen LogP) is 6.50. The molecule has 0 spiro atoms. The number of rotatable bonds is 4. The molecule has 0 aromatic heterocycles. The van der Waals surface area contributed by atoms with Crippen LogP contribution in [-0.4, -0.2) is 0 Å². The Bertz CT molecular complexity index is 574. The molecular formula is C22H32. The maximum atomic E-state index is 2.57. The maximum absolute atomic E-state index is 2.57. The minimum atomic E-state index is 0.343. The van der Waals surface area contributed by atoms with Crippen molar-refractivity contribution in [3.63, 3.8) is 0 Å². The minimum Gasteiger partial charge on any atom is -0.0917 e. The molecule has 22 heavy (non-hydrogen) atoms. The first-order valence-electron chi connectivity index (χ1n) is 9.11. The molecule has 2 unspecified atom stereocenters. The van der Waals surface area contributed by atoms with Gasteiger partial charge in [-0.15, -0.1) is 0 Å². The van der Waals surface area contributed by atoms with E-state index >= 15 is 0 Å². The third-order valence-corrected chi connectivity index (χ3v) is 6.17. The van der Waals surface area contributed by atoms with Gasteiger partial charge in [0.2, 0.25) is 0 Å². The molecule has 3 rings (SSSR count). The Morgan fingerprint density at radius 2 is 1.73 bits per heavy atom. The van der Waals surface area contributed by atoms with Crippen molar-refractivity contribution >= 4 is 0 Å². The van der Waals surface area contributed by atoms with Gasteiger partial charge in [-0.25, -0.2) is 0 Å². The number of hydrogen-bond donors (Lipinski definition) is 0. The van der Waals surface area contributed by atoms with Gasteiger partial charge in [-0.1, -0.05) is 58.0 Å². The molecule has 2 atom stereocenters. The van der Waals surface area contributed by atoms with Crippen molar-refractivity contribution < 1.29 is 0 Å². The van der Waals surface area contributed by atoms with E-state index in [-0.39, 0.29) is 0 Å². The molecule has 1 aromatic carbocycles. The van der Waals surface area contributed by atoms with Gasteiger partial charge in [0.15, 0.2) is 0 Å². The molecule has 0 heterocycles. The normalized spacial score (nSPS) is 28.6. The summed E-state index contributed by atoms with van der Waals surface area (Å²) in [5.74, 6) is 1.75. The first kappa shape index (κ1) is 15.8. The highest BCUT2D eigenvalue weighted by Crippen LogP contribution is 2.53. The number of hydrogen-bond acceptors (Lipinski definition) is 0. The van der Waals surface area contributed by atoms with E-state index in [0.717, 1.165) is 11.8 Å². The summed E-state index contributed by atoms with van der Waals surface area (Å²) in [7, 11) is 0. The van der Waals surface area contributed by atoms with E-state index in [0.29, 0.717) is 10.8 Å². The number of fused-ring (bicyclic) bond motifs is 1. The maximum Gasteiger partial charge on any atom is -0.0100 e. The van der Waals surface area contributed by atoms with Crippen molar-refractivity contribution in [3.8, 4) is 0 Å². The van der Waals surface area contributed by atoms with Crippen LogP contribution in [0.2, 0.25) is 0 Å². The molecular weight excluding hydrogens is 264 g/mol. The largest absolute Gasteiger partial charge is 0.0917 e. The van der Waals surface area contributed by atoms with Crippen molar-refractivity contribution in [1.82, 2.24) is 0 Å². The van der Waals surface area contributed by atoms with E-state index in [1.54, 1.807) is 16.7 Å². The molecule has 1 aromatic rings. The number of benzene rings is 1. The summed E-state index contributed by atoms with van der Waals surface area (Å²) in [5.41, 5.74) is 5.52. The van der Waals surface area contributed by atoms with E-state index in [9.17, 15) is 0 Å². The highest BCUT2D eigenvalue weighted by atomic mass is 14.4. The molecule has 0 N–H and O–H groups in total. The molecule has 0 saturated heterocycles. The second-order valence-electron chi connectivity index (χ2n) is 8.82. The molecule has 1 fully saturated rings. The summed E-state index contributed by atoms with van der Waals surface area (Å²) in [6.07, 6.45) is 11.1. The zero-order chi connectivity index (χ0) is 16.0. The first-order valence-corrected chi connectivity index (χ1v) is 9.11. The Hall–Kier alpha value is -1.04. The van der Waals surface area contributed by atoms with E-state index in [2.05, 4.69) is 65.0 Å². The quantitative estimate of drug-likeness (QED) is 0.557. The van der Waals surface area contributed by atoms with Crippen LogP contribution < -0.4 is 0 Å². The molecule has 0 bridgehead atoms. The van der Waals surface area contributed by atoms with Crippen LogP contribution in [0.5, 0.6) is 0 Å². The minimum absolute atomic E-state index is 0.343. The predicted molar refractivity (Wildman–Crippen MR) is 96.6 cm³/mol. The van der Waals surface area contributed by atoms with Gasteiger partial charge < -0.3 is 0 Å². The fourth-order valence-electron chi connectivity index (χ4n) is 4.29. The summed E-state index contributed by atoms with van der Waals surface area (Å²) < 4.78 is 0. The van der Waals surface area contributed by atoms with Gasteiger partial charge in [0.05, 0.1) is 0 Å².